The molecule has 3 aromatic rings. The van der Waals surface area contributed by atoms with Crippen LogP contribution < -0.4 is 10.1 Å². The number of carbonyl (C=O) groups excluding carboxylic acids is 1. The number of pyridine rings is 1. The van der Waals surface area contributed by atoms with Crippen molar-refractivity contribution in [2.24, 2.45) is 13.0 Å². The number of nitrogens with zero attached hydrogens (tertiary/aromatic N) is 5. The van der Waals surface area contributed by atoms with Crippen LogP contribution in [0.2, 0.25) is 0 Å². The first-order chi connectivity index (χ1) is 14.5. The van der Waals surface area contributed by atoms with Crippen molar-refractivity contribution >= 4 is 16.8 Å². The van der Waals surface area contributed by atoms with E-state index in [-0.39, 0.29) is 24.2 Å². The van der Waals surface area contributed by atoms with Crippen LogP contribution in [0.15, 0.2) is 24.7 Å². The summed E-state index contributed by atoms with van der Waals surface area (Å²) in [4.78, 5) is 16.4. The number of hydrogen-bond donors (Lipinski definition) is 1. The van der Waals surface area contributed by atoms with Gasteiger partial charge in [0.2, 0.25) is 11.8 Å². The molecule has 1 aliphatic rings. The number of ether oxygens (including phenoxy) is 2. The molecule has 3 atom stereocenters. The number of methoxy groups -OCH3 is 1. The molecule has 1 N–H and O–H groups in total. The van der Waals surface area contributed by atoms with Gasteiger partial charge in [0.25, 0.3) is 0 Å². The summed E-state index contributed by atoms with van der Waals surface area (Å²) in [6.45, 7) is 4.72. The molecule has 9 nitrogen and oxygen atoms in total. The van der Waals surface area contributed by atoms with E-state index in [4.69, 9.17) is 14.5 Å². The van der Waals surface area contributed by atoms with E-state index in [9.17, 15) is 4.79 Å². The molecule has 1 unspecified atom stereocenters. The number of rotatable bonds is 8. The van der Waals surface area contributed by atoms with E-state index in [0.29, 0.717) is 18.8 Å². The van der Waals surface area contributed by atoms with Gasteiger partial charge in [0, 0.05) is 51.0 Å². The fraction of sp³-hybridized carbons (Fsp3) is 0.524. The highest BCUT2D eigenvalue weighted by Crippen LogP contribution is 2.31. The Balaban J connectivity index is 1.66. The van der Waals surface area contributed by atoms with Gasteiger partial charge in [-0.25, -0.2) is 9.67 Å². The van der Waals surface area contributed by atoms with Crippen molar-refractivity contribution in [1.82, 2.24) is 29.9 Å². The number of aryl methyl sites for hydroxylation is 1. The first-order valence-electron chi connectivity index (χ1n) is 10.3. The molecule has 0 saturated carbocycles. The average Bonchev–Trinajstić information content (AvgIpc) is 3.45. The minimum atomic E-state index is -0.153. The van der Waals surface area contributed by atoms with Crippen LogP contribution in [0.5, 0.6) is 5.88 Å². The number of amides is 1. The molecule has 4 rings (SSSR count). The maximum atomic E-state index is 11.6. The van der Waals surface area contributed by atoms with Crippen molar-refractivity contribution in [2.75, 3.05) is 13.7 Å². The molecule has 1 amide bonds. The Kier molecular flexibility index (Phi) is 5.72. The normalized spacial score (nSPS) is 18.5. The van der Waals surface area contributed by atoms with Crippen molar-refractivity contribution in [3.05, 3.63) is 24.7 Å². The molecule has 30 heavy (non-hydrogen) atoms. The first-order valence-corrected chi connectivity index (χ1v) is 10.3. The number of carbonyl (C=O) groups is 1. The van der Waals surface area contributed by atoms with Crippen LogP contribution in [0.3, 0.4) is 0 Å². The molecule has 1 aliphatic heterocycles. The number of hydrogen-bond acceptors (Lipinski definition) is 6. The molecular weight excluding hydrogens is 384 g/mol. The summed E-state index contributed by atoms with van der Waals surface area (Å²) >= 11 is 0. The molecule has 1 saturated heterocycles. The molecule has 160 valence electrons. The van der Waals surface area contributed by atoms with E-state index in [0.717, 1.165) is 35.0 Å². The topological polar surface area (TPSA) is 96.1 Å². The van der Waals surface area contributed by atoms with E-state index in [1.165, 1.54) is 0 Å². The van der Waals surface area contributed by atoms with Gasteiger partial charge in [-0.2, -0.15) is 10.2 Å². The number of nitrogens with one attached hydrogen (secondary N) is 1. The Morgan fingerprint density at radius 2 is 2.20 bits per heavy atom. The van der Waals surface area contributed by atoms with Crippen LogP contribution in [0.25, 0.3) is 22.2 Å². The minimum Gasteiger partial charge on any atom is -0.474 e. The van der Waals surface area contributed by atoms with E-state index >= 15 is 0 Å². The molecule has 0 radical (unpaired) electrons. The Bertz CT molecular complexity index is 1040. The van der Waals surface area contributed by atoms with Crippen LogP contribution in [-0.4, -0.2) is 50.2 Å². The molecule has 0 aliphatic carbocycles. The number of aromatic nitrogens is 5. The van der Waals surface area contributed by atoms with E-state index in [1.54, 1.807) is 18.0 Å². The van der Waals surface area contributed by atoms with Crippen molar-refractivity contribution in [2.45, 2.75) is 45.4 Å². The molecule has 0 bridgehead atoms. The third-order valence-corrected chi connectivity index (χ3v) is 5.55. The molecule has 0 spiro atoms. The summed E-state index contributed by atoms with van der Waals surface area (Å²) in [5.41, 5.74) is 2.41. The van der Waals surface area contributed by atoms with Crippen LogP contribution >= 0.6 is 0 Å². The van der Waals surface area contributed by atoms with Gasteiger partial charge in [0.15, 0.2) is 0 Å². The van der Waals surface area contributed by atoms with Gasteiger partial charge in [-0.3, -0.25) is 9.48 Å². The van der Waals surface area contributed by atoms with E-state index < -0.39 is 0 Å². The Morgan fingerprint density at radius 3 is 2.90 bits per heavy atom. The summed E-state index contributed by atoms with van der Waals surface area (Å²) in [5, 5.41) is 12.7. The first kappa shape index (κ1) is 20.3. The van der Waals surface area contributed by atoms with Crippen molar-refractivity contribution in [1.29, 1.82) is 0 Å². The van der Waals surface area contributed by atoms with Crippen molar-refractivity contribution < 1.29 is 14.3 Å². The molecule has 0 aromatic carbocycles. The van der Waals surface area contributed by atoms with Gasteiger partial charge in [0.1, 0.15) is 12.3 Å². The second-order valence-electron chi connectivity index (χ2n) is 7.83. The largest absolute Gasteiger partial charge is 0.474 e. The maximum absolute atomic E-state index is 11.6. The minimum absolute atomic E-state index is 0.0656. The highest BCUT2D eigenvalue weighted by Gasteiger charge is 2.29. The van der Waals surface area contributed by atoms with Gasteiger partial charge in [-0.05, 0) is 19.4 Å². The highest BCUT2D eigenvalue weighted by atomic mass is 16.5. The monoisotopic (exact) mass is 412 g/mol. The van der Waals surface area contributed by atoms with Crippen molar-refractivity contribution in [3.8, 4) is 17.1 Å². The standard InChI is InChI=1S/C21H28N6O3/c1-5-6-20(29-4)27-11-15(10-23-27)17-8-18-16(12-26(3)25-18)21(24-17)30-13(2)14-7-19(28)22-9-14/h8,10-14,20H,5-7,9H2,1-4H3,(H,22,28)/t13-,14-,20?/m1/s1. The zero-order chi connectivity index (χ0) is 21.3. The fourth-order valence-electron chi connectivity index (χ4n) is 3.81. The van der Waals surface area contributed by atoms with Crippen LogP contribution in [0, 0.1) is 5.92 Å². The zero-order valence-corrected chi connectivity index (χ0v) is 17.8. The molecule has 3 aromatic heterocycles. The summed E-state index contributed by atoms with van der Waals surface area (Å²) in [5.74, 6) is 0.705. The van der Waals surface area contributed by atoms with Crippen LogP contribution in [0.1, 0.15) is 39.3 Å². The summed E-state index contributed by atoms with van der Waals surface area (Å²) in [6.07, 6.45) is 7.71. The average molecular weight is 412 g/mol. The third kappa shape index (κ3) is 4.02. The number of fused-ring (bicyclic) bond motifs is 1. The van der Waals surface area contributed by atoms with Crippen LogP contribution in [0.4, 0.5) is 0 Å². The lowest BCUT2D eigenvalue weighted by Gasteiger charge is -2.19. The molecular formula is C21H28N6O3. The van der Waals surface area contributed by atoms with Gasteiger partial charge in [0.05, 0.1) is 22.8 Å². The zero-order valence-electron chi connectivity index (χ0n) is 17.8. The van der Waals surface area contributed by atoms with Crippen LogP contribution in [-0.2, 0) is 16.6 Å². The Labute approximate surface area is 175 Å². The molecule has 9 heteroatoms. The Hall–Kier alpha value is -2.94. The van der Waals surface area contributed by atoms with E-state index in [1.807, 2.05) is 37.1 Å². The summed E-state index contributed by atoms with van der Waals surface area (Å²) < 4.78 is 15.4. The lowest BCUT2D eigenvalue weighted by molar-refractivity contribution is -0.119. The molecule has 1 fully saturated rings. The SMILES string of the molecule is CCCC(OC)n1cc(-c2cc3nn(C)cc3c(O[C@H](C)[C@H]3CNC(=O)C3)n2)cn1. The lowest BCUT2D eigenvalue weighted by atomic mass is 10.0. The van der Waals surface area contributed by atoms with Gasteiger partial charge in [-0.1, -0.05) is 13.3 Å². The van der Waals surface area contributed by atoms with Gasteiger partial charge >= 0.3 is 0 Å². The summed E-state index contributed by atoms with van der Waals surface area (Å²) in [7, 11) is 3.56. The smallest absolute Gasteiger partial charge is 0.225 e. The highest BCUT2D eigenvalue weighted by molar-refractivity contribution is 5.86. The fourth-order valence-corrected chi connectivity index (χ4v) is 3.81. The van der Waals surface area contributed by atoms with E-state index in [2.05, 4.69) is 22.4 Å². The lowest BCUT2D eigenvalue weighted by Crippen LogP contribution is -2.26. The van der Waals surface area contributed by atoms with Gasteiger partial charge in [-0.15, -0.1) is 0 Å². The van der Waals surface area contributed by atoms with Gasteiger partial charge < -0.3 is 14.8 Å². The second-order valence-corrected chi connectivity index (χ2v) is 7.83. The second kappa shape index (κ2) is 8.43. The predicted octanol–water partition coefficient (Wildman–Crippen LogP) is 2.68. The third-order valence-electron chi connectivity index (χ3n) is 5.55. The Morgan fingerprint density at radius 1 is 1.37 bits per heavy atom. The molecule has 4 heterocycles. The maximum Gasteiger partial charge on any atom is 0.225 e. The quantitative estimate of drug-likeness (QED) is 0.611. The summed E-state index contributed by atoms with van der Waals surface area (Å²) in [6, 6.07) is 1.94. The predicted molar refractivity (Wildman–Crippen MR) is 112 cm³/mol. The van der Waals surface area contributed by atoms with Crippen molar-refractivity contribution in [3.63, 3.8) is 0 Å².